The highest BCUT2D eigenvalue weighted by Crippen LogP contribution is 2.28. The van der Waals surface area contributed by atoms with E-state index in [0.717, 1.165) is 18.2 Å². The molecule has 6 nitrogen and oxygen atoms in total. The zero-order valence-electron chi connectivity index (χ0n) is 9.33. The molecule has 0 spiro atoms. The van der Waals surface area contributed by atoms with Gasteiger partial charge in [-0.1, -0.05) is 23.1 Å². The van der Waals surface area contributed by atoms with Crippen molar-refractivity contribution in [3.63, 3.8) is 0 Å². The topological polar surface area (TPSA) is 75.6 Å². The summed E-state index contributed by atoms with van der Waals surface area (Å²) in [5, 5.41) is 17.5. The molecule has 1 N–H and O–H groups in total. The van der Waals surface area contributed by atoms with Gasteiger partial charge in [-0.2, -0.15) is 0 Å². The van der Waals surface area contributed by atoms with Gasteiger partial charge >= 0.3 is 5.97 Å². The number of ether oxygens (including phenoxy) is 1. The second kappa shape index (κ2) is 5.65. The van der Waals surface area contributed by atoms with Crippen LogP contribution in [-0.2, 0) is 9.53 Å². The van der Waals surface area contributed by atoms with Crippen molar-refractivity contribution < 1.29 is 14.6 Å². The molecule has 94 valence electrons. The Kier molecular flexibility index (Phi) is 4.19. The summed E-state index contributed by atoms with van der Waals surface area (Å²) in [6.45, 7) is 4.33. The van der Waals surface area contributed by atoms with Crippen LogP contribution in [0.15, 0.2) is 4.34 Å². The lowest BCUT2D eigenvalue weighted by Crippen LogP contribution is -2.41. The van der Waals surface area contributed by atoms with Crippen LogP contribution in [0.4, 0.5) is 5.13 Å². The van der Waals surface area contributed by atoms with E-state index in [1.807, 2.05) is 6.92 Å². The first-order chi connectivity index (χ1) is 8.15. The Labute approximate surface area is 107 Å². The van der Waals surface area contributed by atoms with Crippen LogP contribution >= 0.6 is 23.1 Å². The summed E-state index contributed by atoms with van der Waals surface area (Å²) in [6, 6.07) is 0. The van der Waals surface area contributed by atoms with E-state index in [-0.39, 0.29) is 11.9 Å². The molecule has 0 aliphatic carbocycles. The second-order valence-electron chi connectivity index (χ2n) is 3.66. The molecule has 17 heavy (non-hydrogen) atoms. The first kappa shape index (κ1) is 12.6. The molecule has 0 bridgehead atoms. The smallest absolute Gasteiger partial charge is 0.313 e. The number of anilines is 1. The fourth-order valence-corrected chi connectivity index (χ4v) is 3.10. The number of hydrogen-bond acceptors (Lipinski definition) is 7. The largest absolute Gasteiger partial charge is 0.481 e. The number of morpholine rings is 1. The molecule has 8 heteroatoms. The van der Waals surface area contributed by atoms with Crippen molar-refractivity contribution in [1.29, 1.82) is 0 Å². The van der Waals surface area contributed by atoms with Crippen molar-refractivity contribution in [3.8, 4) is 0 Å². The number of carbonyl (C=O) groups is 1. The maximum absolute atomic E-state index is 10.4. The van der Waals surface area contributed by atoms with Crippen molar-refractivity contribution in [2.45, 2.75) is 17.4 Å². The van der Waals surface area contributed by atoms with E-state index in [0.29, 0.717) is 10.9 Å². The van der Waals surface area contributed by atoms with Crippen LogP contribution < -0.4 is 4.90 Å². The van der Waals surface area contributed by atoms with Gasteiger partial charge in [0.05, 0.1) is 18.5 Å². The number of carboxylic acids is 1. The summed E-state index contributed by atoms with van der Waals surface area (Å²) >= 11 is 2.63. The molecule has 0 amide bonds. The predicted molar refractivity (Wildman–Crippen MR) is 65.9 cm³/mol. The Balaban J connectivity index is 1.95. The number of nitrogens with zero attached hydrogens (tertiary/aromatic N) is 3. The maximum atomic E-state index is 10.4. The van der Waals surface area contributed by atoms with Gasteiger partial charge in [-0.15, -0.1) is 10.2 Å². The molecule has 0 radical (unpaired) electrons. The number of aliphatic carboxylic acids is 1. The highest BCUT2D eigenvalue weighted by atomic mass is 32.2. The molecule has 1 aliphatic heterocycles. The van der Waals surface area contributed by atoms with Gasteiger partial charge in [-0.25, -0.2) is 0 Å². The normalized spacial score (nSPS) is 20.5. The summed E-state index contributed by atoms with van der Waals surface area (Å²) in [7, 11) is 0. The molecule has 1 aliphatic rings. The molecule has 1 saturated heterocycles. The molecule has 1 aromatic heterocycles. The van der Waals surface area contributed by atoms with E-state index in [2.05, 4.69) is 15.1 Å². The van der Waals surface area contributed by atoms with E-state index < -0.39 is 5.97 Å². The second-order valence-corrected chi connectivity index (χ2v) is 5.84. The number of aromatic nitrogens is 2. The summed E-state index contributed by atoms with van der Waals surface area (Å²) in [5.74, 6) is -0.819. The van der Waals surface area contributed by atoms with E-state index in [1.54, 1.807) is 0 Å². The van der Waals surface area contributed by atoms with Crippen molar-refractivity contribution >= 4 is 34.2 Å². The molecule has 0 aromatic carbocycles. The molecule has 2 heterocycles. The van der Waals surface area contributed by atoms with Crippen molar-refractivity contribution in [2.75, 3.05) is 30.3 Å². The Hall–Kier alpha value is -0.860. The summed E-state index contributed by atoms with van der Waals surface area (Å²) in [4.78, 5) is 12.6. The van der Waals surface area contributed by atoms with Gasteiger partial charge in [0.2, 0.25) is 5.13 Å². The highest BCUT2D eigenvalue weighted by Gasteiger charge is 2.20. The third-order valence-electron chi connectivity index (χ3n) is 2.23. The van der Waals surface area contributed by atoms with Crippen LogP contribution in [0.1, 0.15) is 6.92 Å². The van der Waals surface area contributed by atoms with Crippen molar-refractivity contribution in [3.05, 3.63) is 0 Å². The van der Waals surface area contributed by atoms with Crippen molar-refractivity contribution in [2.24, 2.45) is 0 Å². The number of hydrogen-bond donors (Lipinski definition) is 1. The van der Waals surface area contributed by atoms with Gasteiger partial charge in [-0.3, -0.25) is 4.79 Å². The minimum absolute atomic E-state index is 0.0220. The van der Waals surface area contributed by atoms with Crippen LogP contribution in [0, 0.1) is 0 Å². The zero-order valence-corrected chi connectivity index (χ0v) is 11.0. The van der Waals surface area contributed by atoms with Crippen LogP contribution in [0.5, 0.6) is 0 Å². The summed E-state index contributed by atoms with van der Waals surface area (Å²) in [5.41, 5.74) is 0. The molecular weight excluding hydrogens is 262 g/mol. The molecule has 0 saturated carbocycles. The standard InChI is InChI=1S/C9H13N3O3S2/c1-6-4-12(2-3-15-6)8-10-11-9(17-8)16-5-7(13)14/h6H,2-5H2,1H3,(H,13,14). The Morgan fingerprint density at radius 2 is 2.53 bits per heavy atom. The molecule has 1 unspecified atom stereocenters. The lowest BCUT2D eigenvalue weighted by molar-refractivity contribution is -0.133. The van der Waals surface area contributed by atoms with E-state index in [4.69, 9.17) is 9.84 Å². The van der Waals surface area contributed by atoms with Crippen LogP contribution in [0.3, 0.4) is 0 Å². The number of carboxylic acid groups (broad SMARTS) is 1. The lowest BCUT2D eigenvalue weighted by Gasteiger charge is -2.30. The predicted octanol–water partition coefficient (Wildman–Crippen LogP) is 0.940. The highest BCUT2D eigenvalue weighted by molar-refractivity contribution is 8.01. The monoisotopic (exact) mass is 275 g/mol. The fourth-order valence-electron chi connectivity index (χ4n) is 1.50. The van der Waals surface area contributed by atoms with E-state index in [1.165, 1.54) is 23.1 Å². The van der Waals surface area contributed by atoms with Gasteiger partial charge < -0.3 is 14.7 Å². The number of thioether (sulfide) groups is 1. The van der Waals surface area contributed by atoms with Gasteiger partial charge in [0.15, 0.2) is 4.34 Å². The van der Waals surface area contributed by atoms with E-state index >= 15 is 0 Å². The first-order valence-electron chi connectivity index (χ1n) is 5.20. The number of rotatable bonds is 4. The van der Waals surface area contributed by atoms with Gasteiger partial charge in [0, 0.05) is 13.1 Å². The summed E-state index contributed by atoms with van der Waals surface area (Å²) in [6.07, 6.45) is 0.197. The lowest BCUT2D eigenvalue weighted by atomic mass is 10.3. The minimum atomic E-state index is -0.841. The van der Waals surface area contributed by atoms with Crippen molar-refractivity contribution in [1.82, 2.24) is 10.2 Å². The fraction of sp³-hybridized carbons (Fsp3) is 0.667. The quantitative estimate of drug-likeness (QED) is 0.819. The third kappa shape index (κ3) is 3.55. The van der Waals surface area contributed by atoms with Gasteiger partial charge in [0.1, 0.15) is 0 Å². The Bertz CT molecular complexity index is 399. The van der Waals surface area contributed by atoms with Crippen LogP contribution in [-0.4, -0.2) is 52.8 Å². The zero-order chi connectivity index (χ0) is 12.3. The average Bonchev–Trinajstić information content (AvgIpc) is 2.75. The average molecular weight is 275 g/mol. The summed E-state index contributed by atoms with van der Waals surface area (Å²) < 4.78 is 6.14. The van der Waals surface area contributed by atoms with Crippen LogP contribution in [0.25, 0.3) is 0 Å². The minimum Gasteiger partial charge on any atom is -0.481 e. The third-order valence-corrected chi connectivity index (χ3v) is 4.33. The first-order valence-corrected chi connectivity index (χ1v) is 7.00. The van der Waals surface area contributed by atoms with Crippen LogP contribution in [0.2, 0.25) is 0 Å². The molecule has 2 rings (SSSR count). The Morgan fingerprint density at radius 1 is 1.71 bits per heavy atom. The SMILES string of the molecule is CC1CN(c2nnc(SCC(=O)O)s2)CCO1. The van der Waals surface area contributed by atoms with Gasteiger partial charge in [0.25, 0.3) is 0 Å². The van der Waals surface area contributed by atoms with Gasteiger partial charge in [-0.05, 0) is 6.92 Å². The Morgan fingerprint density at radius 3 is 3.24 bits per heavy atom. The maximum Gasteiger partial charge on any atom is 0.313 e. The molecule has 1 atom stereocenters. The molecular formula is C9H13N3O3S2. The molecule has 1 aromatic rings. The molecule has 1 fully saturated rings. The van der Waals surface area contributed by atoms with E-state index in [9.17, 15) is 4.79 Å².